The molecule has 0 fully saturated rings. The number of rotatable bonds is 13. The van der Waals surface area contributed by atoms with Gasteiger partial charge in [-0.1, -0.05) is 64.4 Å². The lowest BCUT2D eigenvalue weighted by Crippen LogP contribution is -2.30. The van der Waals surface area contributed by atoms with E-state index in [4.69, 9.17) is 0 Å². The first kappa shape index (κ1) is 22.6. The molecule has 156 valence electrons. The summed E-state index contributed by atoms with van der Waals surface area (Å²) in [5, 5.41) is 19.8. The van der Waals surface area contributed by atoms with Crippen molar-refractivity contribution in [2.75, 3.05) is 0 Å². The number of Topliss-reactive ketones (excluding diaryl/α,β-unsaturated/α-hetero) is 1. The molecule has 1 heterocycles. The Balaban J connectivity index is 1.96. The Morgan fingerprint density at radius 3 is 2.03 bits per heavy atom. The zero-order valence-electron chi connectivity index (χ0n) is 17.3. The molecule has 1 aromatic carbocycles. The van der Waals surface area contributed by atoms with Crippen LogP contribution in [0.3, 0.4) is 0 Å². The monoisotopic (exact) mass is 398 g/mol. The van der Waals surface area contributed by atoms with E-state index in [1.165, 1.54) is 44.6 Å². The van der Waals surface area contributed by atoms with Crippen LogP contribution in [0.4, 0.5) is 0 Å². The Morgan fingerprint density at radius 1 is 0.862 bits per heavy atom. The topological polar surface area (TPSA) is 78.5 Å². The third kappa shape index (κ3) is 7.00. The molecular weight excluding hydrogens is 366 g/mol. The molecular formula is C24H32NO4+. The first-order chi connectivity index (χ1) is 14.0. The Morgan fingerprint density at radius 2 is 1.45 bits per heavy atom. The van der Waals surface area contributed by atoms with Crippen LogP contribution in [0.15, 0.2) is 42.7 Å². The maximum Gasteiger partial charge on any atom is 0.339 e. The SMILES string of the molecule is CCCCCCCCCCCC(=O)c1cc(C(=O)O)c(O)c(-[n+]2ccccc2)c1. The van der Waals surface area contributed by atoms with Gasteiger partial charge in [-0.05, 0) is 12.5 Å². The number of benzene rings is 1. The lowest BCUT2D eigenvalue weighted by atomic mass is 9.99. The normalized spacial score (nSPS) is 10.8. The second kappa shape index (κ2) is 12.0. The van der Waals surface area contributed by atoms with Crippen molar-refractivity contribution in [3.05, 3.63) is 53.9 Å². The first-order valence-electron chi connectivity index (χ1n) is 10.6. The standard InChI is InChI=1S/C24H31NO4/c1-2-3-4-5-6-7-8-9-11-14-22(26)19-17-20(24(28)29)23(27)21(18-19)25-15-12-10-13-16-25/h10,12-13,15-18H,2-9,11,14H2,1H3,(H-,26,27,28,29)/p+1. The molecule has 0 unspecified atom stereocenters. The molecule has 5 nitrogen and oxygen atoms in total. The third-order valence-corrected chi connectivity index (χ3v) is 5.14. The molecule has 2 N–H and O–H groups in total. The molecule has 0 radical (unpaired) electrons. The van der Waals surface area contributed by atoms with Gasteiger partial charge in [0.1, 0.15) is 5.56 Å². The number of hydrogen-bond acceptors (Lipinski definition) is 3. The van der Waals surface area contributed by atoms with E-state index in [0.717, 1.165) is 19.3 Å². The second-order valence-corrected chi connectivity index (χ2v) is 7.48. The lowest BCUT2D eigenvalue weighted by molar-refractivity contribution is -0.596. The summed E-state index contributed by atoms with van der Waals surface area (Å²) in [6.07, 6.45) is 14.3. The summed E-state index contributed by atoms with van der Waals surface area (Å²) in [5.74, 6) is -1.68. The quantitative estimate of drug-likeness (QED) is 0.266. The van der Waals surface area contributed by atoms with Crippen molar-refractivity contribution in [1.82, 2.24) is 0 Å². The minimum atomic E-state index is -1.25. The Bertz CT molecular complexity index is 802. The van der Waals surface area contributed by atoms with Gasteiger partial charge in [0.15, 0.2) is 18.2 Å². The second-order valence-electron chi connectivity index (χ2n) is 7.48. The number of phenols is 1. The van der Waals surface area contributed by atoms with E-state index in [1.54, 1.807) is 35.2 Å². The highest BCUT2D eigenvalue weighted by atomic mass is 16.4. The van der Waals surface area contributed by atoms with Crippen molar-refractivity contribution in [3.8, 4) is 11.4 Å². The summed E-state index contributed by atoms with van der Waals surface area (Å²) in [7, 11) is 0. The van der Waals surface area contributed by atoms with E-state index in [9.17, 15) is 19.8 Å². The number of aromatic hydroxyl groups is 1. The molecule has 0 saturated heterocycles. The number of unbranched alkanes of at least 4 members (excludes halogenated alkanes) is 8. The van der Waals surface area contributed by atoms with Gasteiger partial charge in [0.2, 0.25) is 5.75 Å². The van der Waals surface area contributed by atoms with Gasteiger partial charge in [0, 0.05) is 30.2 Å². The van der Waals surface area contributed by atoms with Crippen LogP contribution in [-0.2, 0) is 0 Å². The summed E-state index contributed by atoms with van der Waals surface area (Å²) in [4.78, 5) is 24.2. The summed E-state index contributed by atoms with van der Waals surface area (Å²) < 4.78 is 1.61. The van der Waals surface area contributed by atoms with Crippen LogP contribution in [0.5, 0.6) is 5.75 Å². The highest BCUT2D eigenvalue weighted by Gasteiger charge is 2.23. The number of carbonyl (C=O) groups excluding carboxylic acids is 1. The summed E-state index contributed by atoms with van der Waals surface area (Å²) >= 11 is 0. The molecule has 0 aliphatic carbocycles. The van der Waals surface area contributed by atoms with E-state index in [2.05, 4.69) is 6.92 Å². The number of carboxylic acid groups (broad SMARTS) is 1. The zero-order chi connectivity index (χ0) is 21.1. The number of pyridine rings is 1. The molecule has 0 aliphatic heterocycles. The Labute approximate surface area is 173 Å². The molecule has 0 bridgehead atoms. The number of aromatic nitrogens is 1. The maximum absolute atomic E-state index is 12.6. The molecule has 0 amide bonds. The predicted octanol–water partition coefficient (Wildman–Crippen LogP) is 5.47. The van der Waals surface area contributed by atoms with Gasteiger partial charge in [-0.15, -0.1) is 0 Å². The van der Waals surface area contributed by atoms with Crippen LogP contribution in [-0.4, -0.2) is 22.0 Å². The summed E-state index contributed by atoms with van der Waals surface area (Å²) in [5.41, 5.74) is 0.362. The summed E-state index contributed by atoms with van der Waals surface area (Å²) in [6.45, 7) is 2.21. The minimum absolute atomic E-state index is 0.0896. The van der Waals surface area contributed by atoms with Gasteiger partial charge in [-0.2, -0.15) is 4.57 Å². The largest absolute Gasteiger partial charge is 0.502 e. The molecule has 0 atom stereocenters. The molecule has 1 aromatic heterocycles. The van der Waals surface area contributed by atoms with Crippen LogP contribution in [0, 0.1) is 0 Å². The Kier molecular flexibility index (Phi) is 9.35. The van der Waals surface area contributed by atoms with Gasteiger partial charge >= 0.3 is 5.97 Å². The predicted molar refractivity (Wildman–Crippen MR) is 113 cm³/mol. The van der Waals surface area contributed by atoms with Gasteiger partial charge in [-0.25, -0.2) is 4.79 Å². The van der Waals surface area contributed by atoms with E-state index in [1.807, 2.05) is 6.07 Å². The average Bonchev–Trinajstić information content (AvgIpc) is 2.73. The van der Waals surface area contributed by atoms with Crippen LogP contribution in [0.1, 0.15) is 91.8 Å². The number of carbonyl (C=O) groups is 2. The molecule has 5 heteroatoms. The summed E-state index contributed by atoms with van der Waals surface area (Å²) in [6, 6.07) is 8.22. The van der Waals surface area contributed by atoms with Crippen molar-refractivity contribution in [3.63, 3.8) is 0 Å². The third-order valence-electron chi connectivity index (χ3n) is 5.14. The van der Waals surface area contributed by atoms with Crippen molar-refractivity contribution in [1.29, 1.82) is 0 Å². The fourth-order valence-corrected chi connectivity index (χ4v) is 3.44. The highest BCUT2D eigenvalue weighted by molar-refractivity contribution is 6.01. The van der Waals surface area contributed by atoms with Gasteiger partial charge in [0.25, 0.3) is 5.69 Å². The fraction of sp³-hybridized carbons (Fsp3) is 0.458. The molecule has 29 heavy (non-hydrogen) atoms. The number of aromatic carboxylic acids is 1. The molecule has 0 aliphatic rings. The zero-order valence-corrected chi connectivity index (χ0v) is 17.3. The van der Waals surface area contributed by atoms with Crippen molar-refractivity contribution < 1.29 is 24.4 Å². The fourth-order valence-electron chi connectivity index (χ4n) is 3.44. The van der Waals surface area contributed by atoms with Gasteiger partial charge in [0.05, 0.1) is 0 Å². The van der Waals surface area contributed by atoms with Crippen LogP contribution in [0.25, 0.3) is 5.69 Å². The van der Waals surface area contributed by atoms with E-state index in [-0.39, 0.29) is 17.1 Å². The van der Waals surface area contributed by atoms with Gasteiger partial charge < -0.3 is 10.2 Å². The van der Waals surface area contributed by atoms with Crippen molar-refractivity contribution in [2.24, 2.45) is 0 Å². The Hall–Kier alpha value is -2.69. The average molecular weight is 399 g/mol. The van der Waals surface area contributed by atoms with Crippen LogP contribution < -0.4 is 4.57 Å². The van der Waals surface area contributed by atoms with Gasteiger partial charge in [-0.3, -0.25) is 4.79 Å². The van der Waals surface area contributed by atoms with Crippen molar-refractivity contribution in [2.45, 2.75) is 71.1 Å². The first-order valence-corrected chi connectivity index (χ1v) is 10.6. The number of carboxylic acids is 1. The number of hydrogen-bond donors (Lipinski definition) is 2. The molecule has 2 rings (SSSR count). The number of nitrogens with zero attached hydrogens (tertiary/aromatic N) is 1. The molecule has 0 spiro atoms. The van der Waals surface area contributed by atoms with Crippen molar-refractivity contribution >= 4 is 11.8 Å². The minimum Gasteiger partial charge on any atom is -0.502 e. The maximum atomic E-state index is 12.6. The highest BCUT2D eigenvalue weighted by Crippen LogP contribution is 2.26. The lowest BCUT2D eigenvalue weighted by Gasteiger charge is -2.07. The number of ketones is 1. The van der Waals surface area contributed by atoms with Crippen LogP contribution >= 0.6 is 0 Å². The van der Waals surface area contributed by atoms with E-state index < -0.39 is 5.97 Å². The van der Waals surface area contributed by atoms with Crippen LogP contribution in [0.2, 0.25) is 0 Å². The molecule has 2 aromatic rings. The van der Waals surface area contributed by atoms with E-state index >= 15 is 0 Å². The smallest absolute Gasteiger partial charge is 0.339 e. The van der Waals surface area contributed by atoms with E-state index in [0.29, 0.717) is 17.7 Å². The molecule has 0 saturated carbocycles.